The minimum Gasteiger partial charge on any atom is -0.489 e. The van der Waals surface area contributed by atoms with Crippen molar-refractivity contribution < 1.29 is 9.53 Å². The van der Waals surface area contributed by atoms with E-state index >= 15 is 0 Å². The smallest absolute Gasteiger partial charge is 0.251 e. The molecule has 27 heavy (non-hydrogen) atoms. The standard InChI is InChI=1S/C20H21N5O2/c26-20(15-3-1-14(2-4-15)16-10-24-25-11-16)23-12-17-9-18(6-8-22-17)27-19-5-7-21-13-19/h1-4,6,8-11,19,21H,5,7,12-13H2,(H,23,26)(H,24,25). The fraction of sp³-hybridized carbons (Fsp3) is 0.250. The third-order valence-corrected chi connectivity index (χ3v) is 4.51. The second kappa shape index (κ2) is 8.01. The Hall–Kier alpha value is -3.19. The van der Waals surface area contributed by atoms with Crippen molar-refractivity contribution in [3.8, 4) is 16.9 Å². The zero-order valence-corrected chi connectivity index (χ0v) is 14.8. The summed E-state index contributed by atoms with van der Waals surface area (Å²) in [5.74, 6) is 0.647. The number of hydrogen-bond acceptors (Lipinski definition) is 5. The Morgan fingerprint density at radius 3 is 2.85 bits per heavy atom. The van der Waals surface area contributed by atoms with Gasteiger partial charge >= 0.3 is 0 Å². The largest absolute Gasteiger partial charge is 0.489 e. The molecule has 0 radical (unpaired) electrons. The van der Waals surface area contributed by atoms with Crippen LogP contribution in [0.15, 0.2) is 55.0 Å². The van der Waals surface area contributed by atoms with Gasteiger partial charge in [0.05, 0.1) is 18.4 Å². The van der Waals surface area contributed by atoms with Crippen molar-refractivity contribution >= 4 is 5.91 Å². The first-order chi connectivity index (χ1) is 13.3. The number of benzene rings is 1. The van der Waals surface area contributed by atoms with Gasteiger partial charge in [0, 0.05) is 36.1 Å². The van der Waals surface area contributed by atoms with Crippen LogP contribution in [0, 0.1) is 0 Å². The molecule has 1 aliphatic rings. The molecule has 7 heteroatoms. The van der Waals surface area contributed by atoms with Gasteiger partial charge in [0.25, 0.3) is 5.91 Å². The molecule has 3 aromatic rings. The summed E-state index contributed by atoms with van der Waals surface area (Å²) >= 11 is 0. The number of ether oxygens (including phenoxy) is 1. The van der Waals surface area contributed by atoms with E-state index in [2.05, 4.69) is 25.8 Å². The number of rotatable bonds is 6. The van der Waals surface area contributed by atoms with Crippen molar-refractivity contribution in [2.24, 2.45) is 0 Å². The highest BCUT2D eigenvalue weighted by atomic mass is 16.5. The number of carbonyl (C=O) groups excluding carboxylic acids is 1. The van der Waals surface area contributed by atoms with Crippen LogP contribution >= 0.6 is 0 Å². The summed E-state index contributed by atoms with van der Waals surface area (Å²) < 4.78 is 5.93. The van der Waals surface area contributed by atoms with Crippen LogP contribution in [0.25, 0.3) is 11.1 Å². The lowest BCUT2D eigenvalue weighted by atomic mass is 10.1. The number of hydrogen-bond donors (Lipinski definition) is 3. The second-order valence-corrected chi connectivity index (χ2v) is 6.46. The van der Waals surface area contributed by atoms with Crippen LogP contribution in [0.5, 0.6) is 5.75 Å². The van der Waals surface area contributed by atoms with Gasteiger partial charge in [-0.25, -0.2) is 0 Å². The van der Waals surface area contributed by atoms with Crippen molar-refractivity contribution in [3.63, 3.8) is 0 Å². The lowest BCUT2D eigenvalue weighted by Gasteiger charge is -2.13. The molecular formula is C20H21N5O2. The molecule has 1 amide bonds. The number of pyridine rings is 1. The monoisotopic (exact) mass is 363 g/mol. The Morgan fingerprint density at radius 1 is 1.22 bits per heavy atom. The molecule has 1 unspecified atom stereocenters. The number of nitrogens with zero attached hydrogens (tertiary/aromatic N) is 2. The summed E-state index contributed by atoms with van der Waals surface area (Å²) in [5, 5.41) is 12.9. The minimum atomic E-state index is -0.137. The number of amides is 1. The van der Waals surface area contributed by atoms with E-state index in [1.54, 1.807) is 24.5 Å². The van der Waals surface area contributed by atoms with Gasteiger partial charge in [0.1, 0.15) is 11.9 Å². The van der Waals surface area contributed by atoms with Crippen LogP contribution in [-0.4, -0.2) is 40.3 Å². The topological polar surface area (TPSA) is 91.9 Å². The average molecular weight is 363 g/mol. The van der Waals surface area contributed by atoms with E-state index in [9.17, 15) is 4.79 Å². The molecule has 0 spiro atoms. The van der Waals surface area contributed by atoms with Crippen LogP contribution in [-0.2, 0) is 6.54 Å². The van der Waals surface area contributed by atoms with E-state index in [1.807, 2.05) is 30.5 Å². The second-order valence-electron chi connectivity index (χ2n) is 6.46. The molecule has 3 N–H and O–H groups in total. The lowest BCUT2D eigenvalue weighted by molar-refractivity contribution is 0.0950. The van der Waals surface area contributed by atoms with Crippen LogP contribution in [0.4, 0.5) is 0 Å². The zero-order valence-electron chi connectivity index (χ0n) is 14.8. The summed E-state index contributed by atoms with van der Waals surface area (Å²) in [6.07, 6.45) is 6.47. The van der Waals surface area contributed by atoms with Gasteiger partial charge < -0.3 is 15.4 Å². The third-order valence-electron chi connectivity index (χ3n) is 4.51. The third kappa shape index (κ3) is 4.32. The lowest BCUT2D eigenvalue weighted by Crippen LogP contribution is -2.23. The summed E-state index contributed by atoms with van der Waals surface area (Å²) in [6, 6.07) is 11.1. The maximum absolute atomic E-state index is 12.4. The minimum absolute atomic E-state index is 0.137. The molecule has 138 valence electrons. The van der Waals surface area contributed by atoms with E-state index in [-0.39, 0.29) is 12.0 Å². The molecule has 0 aliphatic carbocycles. The van der Waals surface area contributed by atoms with E-state index in [4.69, 9.17) is 4.74 Å². The van der Waals surface area contributed by atoms with Crippen molar-refractivity contribution in [2.45, 2.75) is 19.1 Å². The molecule has 0 saturated carbocycles. The molecule has 7 nitrogen and oxygen atoms in total. The highest BCUT2D eigenvalue weighted by Gasteiger charge is 2.16. The summed E-state index contributed by atoms with van der Waals surface area (Å²) in [5.41, 5.74) is 3.36. The molecular weight excluding hydrogens is 342 g/mol. The van der Waals surface area contributed by atoms with Crippen molar-refractivity contribution in [1.29, 1.82) is 0 Å². The summed E-state index contributed by atoms with van der Waals surface area (Å²) in [6.45, 7) is 2.20. The number of carbonyl (C=O) groups is 1. The molecule has 0 bridgehead atoms. The molecule has 1 fully saturated rings. The van der Waals surface area contributed by atoms with Crippen LogP contribution in [0.3, 0.4) is 0 Å². The van der Waals surface area contributed by atoms with Gasteiger partial charge in [-0.1, -0.05) is 12.1 Å². The van der Waals surface area contributed by atoms with Gasteiger partial charge in [-0.15, -0.1) is 0 Å². The molecule has 3 heterocycles. The maximum Gasteiger partial charge on any atom is 0.251 e. The fourth-order valence-electron chi connectivity index (χ4n) is 3.04. The van der Waals surface area contributed by atoms with Gasteiger partial charge in [0.2, 0.25) is 0 Å². The van der Waals surface area contributed by atoms with E-state index in [1.165, 1.54) is 0 Å². The van der Waals surface area contributed by atoms with Gasteiger partial charge in [-0.3, -0.25) is 14.9 Å². The van der Waals surface area contributed by atoms with Gasteiger partial charge in [0.15, 0.2) is 0 Å². The Morgan fingerprint density at radius 2 is 2.11 bits per heavy atom. The van der Waals surface area contributed by atoms with E-state index in [0.29, 0.717) is 12.1 Å². The predicted molar refractivity (Wildman–Crippen MR) is 101 cm³/mol. The van der Waals surface area contributed by atoms with Crippen LogP contribution in [0.2, 0.25) is 0 Å². The predicted octanol–water partition coefficient (Wildman–Crippen LogP) is 2.14. The first-order valence-corrected chi connectivity index (χ1v) is 8.98. The first-order valence-electron chi connectivity index (χ1n) is 8.98. The Kier molecular flexibility index (Phi) is 5.11. The number of nitrogens with one attached hydrogen (secondary N) is 3. The normalized spacial score (nSPS) is 16.2. The highest BCUT2D eigenvalue weighted by Crippen LogP contribution is 2.18. The zero-order chi connectivity index (χ0) is 18.5. The summed E-state index contributed by atoms with van der Waals surface area (Å²) in [7, 11) is 0. The highest BCUT2D eigenvalue weighted by molar-refractivity contribution is 5.94. The Balaban J connectivity index is 1.34. The number of H-pyrrole nitrogens is 1. The van der Waals surface area contributed by atoms with Gasteiger partial charge in [-0.2, -0.15) is 5.10 Å². The Labute approximate surface area is 157 Å². The van der Waals surface area contributed by atoms with E-state index in [0.717, 1.165) is 42.1 Å². The molecule has 1 atom stereocenters. The SMILES string of the molecule is O=C(NCc1cc(OC2CCNC2)ccn1)c1ccc(-c2cn[nH]c2)cc1. The summed E-state index contributed by atoms with van der Waals surface area (Å²) in [4.78, 5) is 16.7. The van der Waals surface area contributed by atoms with Crippen molar-refractivity contribution in [1.82, 2.24) is 25.8 Å². The molecule has 1 saturated heterocycles. The fourth-order valence-corrected chi connectivity index (χ4v) is 3.04. The van der Waals surface area contributed by atoms with Gasteiger partial charge in [-0.05, 0) is 36.7 Å². The van der Waals surface area contributed by atoms with Crippen LogP contribution in [0.1, 0.15) is 22.5 Å². The molecule has 2 aromatic heterocycles. The van der Waals surface area contributed by atoms with Crippen molar-refractivity contribution in [2.75, 3.05) is 13.1 Å². The van der Waals surface area contributed by atoms with Crippen LogP contribution < -0.4 is 15.4 Å². The molecule has 4 rings (SSSR count). The maximum atomic E-state index is 12.4. The molecule has 1 aromatic carbocycles. The van der Waals surface area contributed by atoms with Crippen molar-refractivity contribution in [3.05, 3.63) is 66.2 Å². The number of aromatic nitrogens is 3. The average Bonchev–Trinajstić information content (AvgIpc) is 3.41. The first kappa shape index (κ1) is 17.2. The Bertz CT molecular complexity index is 887. The number of aromatic amines is 1. The van der Waals surface area contributed by atoms with E-state index < -0.39 is 0 Å². The quantitative estimate of drug-likeness (QED) is 0.624. The molecule has 1 aliphatic heterocycles.